The third-order valence-corrected chi connectivity index (χ3v) is 3.35. The van der Waals surface area contributed by atoms with Gasteiger partial charge in [0.15, 0.2) is 0 Å². The average molecular weight is 268 g/mol. The Morgan fingerprint density at radius 1 is 1.53 bits per heavy atom. The third kappa shape index (κ3) is 3.54. The number of hydrogen-bond acceptors (Lipinski definition) is 5. The van der Waals surface area contributed by atoms with E-state index in [2.05, 4.69) is 0 Å². The smallest absolute Gasteiger partial charge is 0.433 e. The summed E-state index contributed by atoms with van der Waals surface area (Å²) in [6, 6.07) is 2.88. The molecule has 1 saturated heterocycles. The van der Waals surface area contributed by atoms with Crippen LogP contribution in [0, 0.1) is 10.1 Å². The van der Waals surface area contributed by atoms with Gasteiger partial charge in [-0.2, -0.15) is 0 Å². The van der Waals surface area contributed by atoms with Gasteiger partial charge in [-0.3, -0.25) is 19.8 Å². The van der Waals surface area contributed by atoms with Crippen molar-refractivity contribution < 1.29 is 19.2 Å². The molecule has 0 amide bonds. The van der Waals surface area contributed by atoms with E-state index in [1.165, 1.54) is 6.07 Å². The second-order valence-electron chi connectivity index (χ2n) is 4.71. The summed E-state index contributed by atoms with van der Waals surface area (Å²) >= 11 is 0. The number of nitro groups is 1. The number of carbonyl (C=O) groups is 1. The van der Waals surface area contributed by atoms with E-state index in [9.17, 15) is 14.9 Å². The van der Waals surface area contributed by atoms with E-state index >= 15 is 0 Å². The highest BCUT2D eigenvalue weighted by Crippen LogP contribution is 2.24. The van der Waals surface area contributed by atoms with Crippen LogP contribution in [0.3, 0.4) is 0 Å². The molecule has 1 unspecified atom stereocenters. The Morgan fingerprint density at radius 2 is 2.32 bits per heavy atom. The lowest BCUT2D eigenvalue weighted by molar-refractivity contribution is -0.402. The van der Waals surface area contributed by atoms with Gasteiger partial charge in [-0.05, 0) is 25.5 Å². The van der Waals surface area contributed by atoms with Crippen LogP contribution in [0.4, 0.5) is 5.88 Å². The molecule has 0 spiro atoms. The first-order valence-corrected chi connectivity index (χ1v) is 6.25. The minimum atomic E-state index is -0.817. The van der Waals surface area contributed by atoms with Gasteiger partial charge in [0.05, 0.1) is 19.0 Å². The second-order valence-corrected chi connectivity index (χ2v) is 4.71. The zero-order chi connectivity index (χ0) is 13.8. The van der Waals surface area contributed by atoms with Crippen molar-refractivity contribution in [3.05, 3.63) is 28.0 Å². The summed E-state index contributed by atoms with van der Waals surface area (Å²) in [5, 5.41) is 19.4. The van der Waals surface area contributed by atoms with Crippen LogP contribution >= 0.6 is 0 Å². The zero-order valence-electron chi connectivity index (χ0n) is 10.4. The fourth-order valence-corrected chi connectivity index (χ4v) is 2.45. The van der Waals surface area contributed by atoms with Crippen LogP contribution in [-0.2, 0) is 11.3 Å². The van der Waals surface area contributed by atoms with Crippen molar-refractivity contribution in [2.45, 2.75) is 38.3 Å². The molecular weight excluding hydrogens is 252 g/mol. The monoisotopic (exact) mass is 268 g/mol. The largest absolute Gasteiger partial charge is 0.481 e. The molecule has 0 radical (unpaired) electrons. The first-order valence-electron chi connectivity index (χ1n) is 6.25. The number of hydrogen-bond donors (Lipinski definition) is 1. The highest BCUT2D eigenvalue weighted by Gasteiger charge is 2.26. The molecule has 0 saturated carbocycles. The van der Waals surface area contributed by atoms with E-state index in [1.807, 2.05) is 4.90 Å². The van der Waals surface area contributed by atoms with Crippen molar-refractivity contribution in [3.63, 3.8) is 0 Å². The number of piperidine rings is 1. The van der Waals surface area contributed by atoms with E-state index in [0.717, 1.165) is 25.8 Å². The second kappa shape index (κ2) is 5.83. The summed E-state index contributed by atoms with van der Waals surface area (Å²) in [4.78, 5) is 22.8. The summed E-state index contributed by atoms with van der Waals surface area (Å²) in [6.45, 7) is 1.22. The van der Waals surface area contributed by atoms with Gasteiger partial charge in [0, 0.05) is 6.04 Å². The molecule has 2 rings (SSSR count). The summed E-state index contributed by atoms with van der Waals surface area (Å²) in [6.07, 6.45) is 2.98. The van der Waals surface area contributed by atoms with Gasteiger partial charge in [0.25, 0.3) is 0 Å². The van der Waals surface area contributed by atoms with Gasteiger partial charge in [-0.1, -0.05) is 6.42 Å². The molecular formula is C12H16N2O5. The number of furan rings is 1. The molecule has 1 atom stereocenters. The molecule has 0 bridgehead atoms. The van der Waals surface area contributed by atoms with Gasteiger partial charge in [0.1, 0.15) is 10.7 Å². The van der Waals surface area contributed by atoms with Crippen LogP contribution in [0.15, 0.2) is 16.5 Å². The number of nitrogens with zero attached hydrogens (tertiary/aromatic N) is 2. The summed E-state index contributed by atoms with van der Waals surface area (Å²) in [7, 11) is 0. The number of carboxylic acids is 1. The minimum absolute atomic E-state index is 0.0181. The lowest BCUT2D eigenvalue weighted by Gasteiger charge is -2.34. The van der Waals surface area contributed by atoms with Gasteiger partial charge in [0.2, 0.25) is 0 Å². The Bertz CT molecular complexity index is 470. The summed E-state index contributed by atoms with van der Waals surface area (Å²) < 4.78 is 5.11. The highest BCUT2D eigenvalue weighted by molar-refractivity contribution is 5.67. The number of rotatable bonds is 5. The Balaban J connectivity index is 2.01. The van der Waals surface area contributed by atoms with E-state index in [4.69, 9.17) is 9.52 Å². The number of carboxylic acid groups (broad SMARTS) is 1. The fraction of sp³-hybridized carbons (Fsp3) is 0.583. The molecule has 1 aromatic rings. The van der Waals surface area contributed by atoms with Crippen LogP contribution < -0.4 is 0 Å². The topological polar surface area (TPSA) is 96.8 Å². The van der Waals surface area contributed by atoms with E-state index in [-0.39, 0.29) is 18.3 Å². The van der Waals surface area contributed by atoms with E-state index in [0.29, 0.717) is 12.3 Å². The molecule has 1 N–H and O–H groups in total. The van der Waals surface area contributed by atoms with Crippen molar-refractivity contribution in [1.29, 1.82) is 0 Å². The van der Waals surface area contributed by atoms with E-state index < -0.39 is 10.9 Å². The molecule has 1 aliphatic heterocycles. The average Bonchev–Trinajstić information content (AvgIpc) is 2.80. The van der Waals surface area contributed by atoms with Crippen LogP contribution in [0.2, 0.25) is 0 Å². The SMILES string of the molecule is O=C(O)CC1CCCCN1Cc1ccc([N+](=O)[O-])o1. The predicted octanol–water partition coefficient (Wildman–Crippen LogP) is 2.02. The predicted molar refractivity (Wildman–Crippen MR) is 65.7 cm³/mol. The molecule has 2 heterocycles. The lowest BCUT2D eigenvalue weighted by atomic mass is 9.99. The molecule has 0 aliphatic carbocycles. The van der Waals surface area contributed by atoms with Crippen LogP contribution in [-0.4, -0.2) is 33.5 Å². The lowest BCUT2D eigenvalue weighted by Crippen LogP contribution is -2.40. The van der Waals surface area contributed by atoms with Crippen molar-refractivity contribution >= 4 is 11.9 Å². The number of likely N-dealkylation sites (tertiary alicyclic amines) is 1. The maximum Gasteiger partial charge on any atom is 0.433 e. The fourth-order valence-electron chi connectivity index (χ4n) is 2.45. The normalized spacial score (nSPS) is 20.3. The highest BCUT2D eigenvalue weighted by atomic mass is 16.6. The van der Waals surface area contributed by atoms with Gasteiger partial charge in [-0.25, -0.2) is 0 Å². The van der Waals surface area contributed by atoms with Gasteiger partial charge < -0.3 is 9.52 Å². The molecule has 7 nitrogen and oxygen atoms in total. The van der Waals surface area contributed by atoms with Crippen molar-refractivity contribution in [2.24, 2.45) is 0 Å². The molecule has 7 heteroatoms. The Kier molecular flexibility index (Phi) is 4.16. The first-order chi connectivity index (χ1) is 9.06. The quantitative estimate of drug-likeness (QED) is 0.648. The third-order valence-electron chi connectivity index (χ3n) is 3.35. The summed E-state index contributed by atoms with van der Waals surface area (Å²) in [5.41, 5.74) is 0. The van der Waals surface area contributed by atoms with Crippen LogP contribution in [0.25, 0.3) is 0 Å². The van der Waals surface area contributed by atoms with Crippen LogP contribution in [0.5, 0.6) is 0 Å². The van der Waals surface area contributed by atoms with Crippen LogP contribution in [0.1, 0.15) is 31.4 Å². The molecule has 19 heavy (non-hydrogen) atoms. The van der Waals surface area contributed by atoms with Gasteiger partial charge in [-0.15, -0.1) is 0 Å². The Morgan fingerprint density at radius 3 is 2.95 bits per heavy atom. The molecule has 1 aliphatic rings. The maximum atomic E-state index is 10.8. The van der Waals surface area contributed by atoms with Crippen molar-refractivity contribution in [2.75, 3.05) is 6.54 Å². The maximum absolute atomic E-state index is 10.8. The first kappa shape index (κ1) is 13.5. The summed E-state index contributed by atoms with van der Waals surface area (Å²) in [5.74, 6) is -0.590. The zero-order valence-corrected chi connectivity index (χ0v) is 10.4. The number of aliphatic carboxylic acids is 1. The van der Waals surface area contributed by atoms with Crippen molar-refractivity contribution in [3.8, 4) is 0 Å². The standard InChI is InChI=1S/C12H16N2O5/c15-12(16)7-9-3-1-2-6-13(9)8-10-4-5-11(19-10)14(17)18/h4-5,9H,1-3,6-8H2,(H,15,16). The minimum Gasteiger partial charge on any atom is -0.481 e. The molecule has 104 valence electrons. The molecule has 0 aromatic carbocycles. The van der Waals surface area contributed by atoms with Gasteiger partial charge >= 0.3 is 11.9 Å². The molecule has 1 aromatic heterocycles. The Hall–Kier alpha value is -1.89. The van der Waals surface area contributed by atoms with E-state index in [1.54, 1.807) is 6.07 Å². The Labute approximate surface area is 110 Å². The molecule has 1 fully saturated rings. The van der Waals surface area contributed by atoms with Crippen molar-refractivity contribution in [1.82, 2.24) is 4.90 Å².